The molecular formula is C26H26FNO3. The molecule has 2 unspecified atom stereocenters. The average molecular weight is 419 g/mol. The molecule has 0 amide bonds. The van der Waals surface area contributed by atoms with Crippen LogP contribution in [0.5, 0.6) is 5.75 Å². The van der Waals surface area contributed by atoms with E-state index in [9.17, 15) is 14.0 Å². The Morgan fingerprint density at radius 1 is 1.23 bits per heavy atom. The number of ether oxygens (including phenoxy) is 1. The lowest BCUT2D eigenvalue weighted by molar-refractivity contribution is -0.114. The molecule has 1 heterocycles. The van der Waals surface area contributed by atoms with Crippen molar-refractivity contribution in [2.45, 2.75) is 32.7 Å². The van der Waals surface area contributed by atoms with Crippen LogP contribution in [0.4, 0.5) is 4.39 Å². The number of ketones is 2. The van der Waals surface area contributed by atoms with Crippen LogP contribution in [0.15, 0.2) is 66.5 Å². The zero-order chi connectivity index (χ0) is 22.0. The van der Waals surface area contributed by atoms with Gasteiger partial charge in [0, 0.05) is 47.5 Å². The van der Waals surface area contributed by atoms with Crippen molar-refractivity contribution >= 4 is 11.6 Å². The molecule has 5 heteroatoms. The van der Waals surface area contributed by atoms with Crippen molar-refractivity contribution in [2.75, 3.05) is 7.11 Å². The first-order valence-corrected chi connectivity index (χ1v) is 10.6. The summed E-state index contributed by atoms with van der Waals surface area (Å²) in [5.41, 5.74) is 3.01. The normalized spacial score (nSPS) is 20.3. The molecular weight excluding hydrogens is 393 g/mol. The number of rotatable bonds is 6. The summed E-state index contributed by atoms with van der Waals surface area (Å²) in [5.74, 6) is 0.352. The fraction of sp³-hybridized carbons (Fsp3) is 0.308. The van der Waals surface area contributed by atoms with Crippen LogP contribution in [-0.2, 0) is 17.8 Å². The molecule has 0 spiro atoms. The van der Waals surface area contributed by atoms with Gasteiger partial charge in [-0.25, -0.2) is 4.39 Å². The molecule has 0 N–H and O–H groups in total. The Hall–Kier alpha value is -3.21. The van der Waals surface area contributed by atoms with Crippen LogP contribution in [-0.4, -0.2) is 23.6 Å². The van der Waals surface area contributed by atoms with Gasteiger partial charge >= 0.3 is 0 Å². The summed E-state index contributed by atoms with van der Waals surface area (Å²) >= 11 is 0. The second-order valence-corrected chi connectivity index (χ2v) is 8.21. The van der Waals surface area contributed by atoms with Gasteiger partial charge in [-0.2, -0.15) is 0 Å². The summed E-state index contributed by atoms with van der Waals surface area (Å²) in [5, 5.41) is 0. The molecule has 0 fully saturated rings. The number of methoxy groups -OCH3 is 1. The van der Waals surface area contributed by atoms with E-state index in [2.05, 4.69) is 0 Å². The van der Waals surface area contributed by atoms with E-state index in [-0.39, 0.29) is 29.2 Å². The van der Waals surface area contributed by atoms with Crippen LogP contribution in [0.2, 0.25) is 0 Å². The molecule has 2 aliphatic rings. The quantitative estimate of drug-likeness (QED) is 0.655. The number of hydrogen-bond donors (Lipinski definition) is 0. The second-order valence-electron chi connectivity index (χ2n) is 8.21. The van der Waals surface area contributed by atoms with E-state index in [0.717, 1.165) is 29.7 Å². The number of benzene rings is 2. The minimum atomic E-state index is -0.265. The van der Waals surface area contributed by atoms with Crippen LogP contribution in [0.3, 0.4) is 0 Å². The zero-order valence-electron chi connectivity index (χ0n) is 17.8. The van der Waals surface area contributed by atoms with E-state index in [1.807, 2.05) is 35.4 Å². The SMILES string of the molecule is COc1ccc2c(c1)CCC(CC1C=CN(Cc3ccccc3F)C=C1C(C)=O)C2=O. The fourth-order valence-electron chi connectivity index (χ4n) is 4.47. The lowest BCUT2D eigenvalue weighted by Gasteiger charge is -2.30. The lowest BCUT2D eigenvalue weighted by Crippen LogP contribution is -2.28. The van der Waals surface area contributed by atoms with Gasteiger partial charge in [-0.15, -0.1) is 0 Å². The molecule has 0 bridgehead atoms. The highest BCUT2D eigenvalue weighted by Gasteiger charge is 2.32. The van der Waals surface area contributed by atoms with Crippen molar-refractivity contribution < 1.29 is 18.7 Å². The third-order valence-electron chi connectivity index (χ3n) is 6.18. The van der Waals surface area contributed by atoms with Crippen molar-refractivity contribution in [3.8, 4) is 5.75 Å². The second kappa shape index (κ2) is 8.88. The molecule has 160 valence electrons. The predicted molar refractivity (Wildman–Crippen MR) is 117 cm³/mol. The molecule has 4 nitrogen and oxygen atoms in total. The van der Waals surface area contributed by atoms with E-state index in [0.29, 0.717) is 24.1 Å². The Labute approximate surface area is 182 Å². The molecule has 31 heavy (non-hydrogen) atoms. The van der Waals surface area contributed by atoms with Gasteiger partial charge in [0.25, 0.3) is 0 Å². The molecule has 0 radical (unpaired) electrons. The van der Waals surface area contributed by atoms with Gasteiger partial charge in [0.05, 0.1) is 7.11 Å². The predicted octanol–water partition coefficient (Wildman–Crippen LogP) is 5.09. The van der Waals surface area contributed by atoms with Gasteiger partial charge in [0.15, 0.2) is 11.6 Å². The van der Waals surface area contributed by atoms with Crippen LogP contribution < -0.4 is 4.74 Å². The highest BCUT2D eigenvalue weighted by atomic mass is 19.1. The summed E-state index contributed by atoms with van der Waals surface area (Å²) in [4.78, 5) is 27.3. The van der Waals surface area contributed by atoms with Gasteiger partial charge in [-0.3, -0.25) is 9.59 Å². The van der Waals surface area contributed by atoms with Gasteiger partial charge in [-0.05, 0) is 56.0 Å². The highest BCUT2D eigenvalue weighted by Crippen LogP contribution is 2.35. The summed E-state index contributed by atoms with van der Waals surface area (Å²) in [6.07, 6.45) is 7.82. The minimum Gasteiger partial charge on any atom is -0.497 e. The Bertz CT molecular complexity index is 1070. The van der Waals surface area contributed by atoms with Crippen molar-refractivity contribution in [3.63, 3.8) is 0 Å². The maximum Gasteiger partial charge on any atom is 0.166 e. The van der Waals surface area contributed by atoms with Gasteiger partial charge in [0.2, 0.25) is 0 Å². The summed E-state index contributed by atoms with van der Waals surface area (Å²) in [7, 11) is 1.62. The molecule has 2 aromatic rings. The Morgan fingerprint density at radius 2 is 2.03 bits per heavy atom. The Kier molecular flexibility index (Phi) is 6.03. The first kappa shape index (κ1) is 21.0. The molecule has 1 aliphatic carbocycles. The van der Waals surface area contributed by atoms with E-state index >= 15 is 0 Å². The van der Waals surface area contributed by atoms with E-state index in [1.165, 1.54) is 6.07 Å². The number of fused-ring (bicyclic) bond motifs is 1. The van der Waals surface area contributed by atoms with Crippen molar-refractivity contribution in [1.82, 2.24) is 4.90 Å². The number of carbonyl (C=O) groups excluding carboxylic acids is 2. The van der Waals surface area contributed by atoms with Crippen molar-refractivity contribution in [2.24, 2.45) is 11.8 Å². The van der Waals surface area contributed by atoms with E-state index < -0.39 is 0 Å². The summed E-state index contributed by atoms with van der Waals surface area (Å²) < 4.78 is 19.3. The maximum absolute atomic E-state index is 14.0. The Morgan fingerprint density at radius 3 is 2.77 bits per heavy atom. The van der Waals surface area contributed by atoms with E-state index in [4.69, 9.17) is 4.74 Å². The smallest absolute Gasteiger partial charge is 0.166 e. The van der Waals surface area contributed by atoms with Crippen molar-refractivity contribution in [1.29, 1.82) is 0 Å². The van der Waals surface area contributed by atoms with Crippen LogP contribution in [0.25, 0.3) is 0 Å². The molecule has 4 rings (SSSR count). The van der Waals surface area contributed by atoms with E-state index in [1.54, 1.807) is 38.4 Å². The molecule has 2 atom stereocenters. The topological polar surface area (TPSA) is 46.6 Å². The number of Topliss-reactive ketones (excluding diaryl/α,β-unsaturated/α-hetero) is 2. The van der Waals surface area contributed by atoms with Gasteiger partial charge in [-0.1, -0.05) is 24.3 Å². The number of allylic oxidation sites excluding steroid dienone is 2. The average Bonchev–Trinajstić information content (AvgIpc) is 2.77. The Balaban J connectivity index is 1.49. The zero-order valence-corrected chi connectivity index (χ0v) is 17.8. The first-order chi connectivity index (χ1) is 15.0. The highest BCUT2D eigenvalue weighted by molar-refractivity contribution is 6.00. The summed E-state index contributed by atoms with van der Waals surface area (Å²) in [6, 6.07) is 12.2. The monoisotopic (exact) mass is 419 g/mol. The van der Waals surface area contributed by atoms with Gasteiger partial charge in [0.1, 0.15) is 11.6 Å². The molecule has 0 saturated carbocycles. The third-order valence-corrected chi connectivity index (χ3v) is 6.18. The van der Waals surface area contributed by atoms with Crippen LogP contribution >= 0.6 is 0 Å². The largest absolute Gasteiger partial charge is 0.497 e. The molecule has 0 aromatic heterocycles. The van der Waals surface area contributed by atoms with Crippen LogP contribution in [0.1, 0.15) is 41.3 Å². The number of halogens is 1. The number of carbonyl (C=O) groups is 2. The summed E-state index contributed by atoms with van der Waals surface area (Å²) in [6.45, 7) is 1.90. The number of hydrogen-bond acceptors (Lipinski definition) is 4. The molecule has 1 aliphatic heterocycles. The lowest BCUT2D eigenvalue weighted by atomic mass is 9.76. The minimum absolute atomic E-state index is 0.0266. The molecule has 2 aromatic carbocycles. The van der Waals surface area contributed by atoms with Gasteiger partial charge < -0.3 is 9.64 Å². The maximum atomic E-state index is 14.0. The van der Waals surface area contributed by atoms with Crippen molar-refractivity contribution in [3.05, 3.63) is 89.0 Å². The number of nitrogens with zero attached hydrogens (tertiary/aromatic N) is 1. The standard InChI is InChI=1S/C26H26FNO3/c1-17(29)24-16-28(15-21-5-3-4-6-25(21)27)12-11-19(24)13-20-8-7-18-14-22(31-2)9-10-23(18)26(20)30/h3-6,9-12,14,16,19-20H,7-8,13,15H2,1-2H3. The van der Waals surface area contributed by atoms with Crippen LogP contribution in [0, 0.1) is 17.7 Å². The first-order valence-electron chi connectivity index (χ1n) is 10.6. The molecule has 0 saturated heterocycles. The number of aryl methyl sites for hydroxylation is 1. The third kappa shape index (κ3) is 4.46. The fourth-order valence-corrected chi connectivity index (χ4v) is 4.47.